The number of nitrogens with zero attached hydrogens (tertiary/aromatic N) is 2. The second kappa shape index (κ2) is 8.25. The third-order valence-electron chi connectivity index (χ3n) is 4.92. The van der Waals surface area contributed by atoms with Crippen molar-refractivity contribution in [3.05, 3.63) is 36.2 Å². The maximum Gasteiger partial charge on any atom is 0.257 e. The van der Waals surface area contributed by atoms with Crippen LogP contribution in [0, 0.1) is 11.8 Å². The number of hydrogen-bond donors (Lipinski definition) is 2. The molecule has 2 N–H and O–H groups in total. The molecule has 1 aromatic heterocycles. The van der Waals surface area contributed by atoms with Crippen LogP contribution in [0.1, 0.15) is 45.0 Å². The second-order valence-electron chi connectivity index (χ2n) is 6.88. The molecule has 1 aromatic carbocycles. The molecule has 6 heteroatoms. The van der Waals surface area contributed by atoms with Crippen molar-refractivity contribution in [1.82, 2.24) is 20.8 Å². The Bertz CT molecular complexity index is 680. The fourth-order valence-electron chi connectivity index (χ4n) is 3.35. The average Bonchev–Trinajstić information content (AvgIpc) is 3.13. The fraction of sp³-hybridized carbons (Fsp3) is 0.526. The Balaban J connectivity index is 1.54. The van der Waals surface area contributed by atoms with Crippen molar-refractivity contribution < 1.29 is 9.32 Å². The molecule has 0 saturated carbocycles. The summed E-state index contributed by atoms with van der Waals surface area (Å²) in [7, 11) is 0. The van der Waals surface area contributed by atoms with E-state index in [4.69, 9.17) is 4.52 Å². The standard InChI is InChI=1S/C19H26N4O2/c1-13(15-8-10-20-11-9-15)12-17(24)21-14(2)18-22-19(25-23-18)16-6-4-3-5-7-16/h3-7,13-15,20H,8-12H2,1-2H3,(H,21,24). The van der Waals surface area contributed by atoms with Gasteiger partial charge in [0.2, 0.25) is 5.91 Å². The van der Waals surface area contributed by atoms with Crippen LogP contribution in [0.2, 0.25) is 0 Å². The van der Waals surface area contributed by atoms with Crippen LogP contribution < -0.4 is 10.6 Å². The van der Waals surface area contributed by atoms with Crippen LogP contribution in [-0.4, -0.2) is 29.1 Å². The molecule has 1 aliphatic heterocycles. The molecule has 0 bridgehead atoms. The molecule has 1 fully saturated rings. The first-order valence-corrected chi connectivity index (χ1v) is 9.02. The van der Waals surface area contributed by atoms with Gasteiger partial charge in [-0.25, -0.2) is 0 Å². The highest BCUT2D eigenvalue weighted by atomic mass is 16.5. The number of nitrogens with one attached hydrogen (secondary N) is 2. The number of benzene rings is 1. The summed E-state index contributed by atoms with van der Waals surface area (Å²) in [5.41, 5.74) is 0.874. The number of hydrogen-bond acceptors (Lipinski definition) is 5. The number of amides is 1. The van der Waals surface area contributed by atoms with Gasteiger partial charge in [0.1, 0.15) is 0 Å². The Kier molecular flexibility index (Phi) is 5.81. The Labute approximate surface area is 148 Å². The number of carbonyl (C=O) groups excluding carboxylic acids is 1. The second-order valence-corrected chi connectivity index (χ2v) is 6.88. The minimum Gasteiger partial charge on any atom is -0.346 e. The van der Waals surface area contributed by atoms with Crippen LogP contribution in [0.3, 0.4) is 0 Å². The molecular weight excluding hydrogens is 316 g/mol. The van der Waals surface area contributed by atoms with Crippen molar-refractivity contribution in [2.75, 3.05) is 13.1 Å². The van der Waals surface area contributed by atoms with Crippen molar-refractivity contribution >= 4 is 5.91 Å². The topological polar surface area (TPSA) is 80.0 Å². The molecule has 6 nitrogen and oxygen atoms in total. The average molecular weight is 342 g/mol. The van der Waals surface area contributed by atoms with Crippen LogP contribution in [0.25, 0.3) is 11.5 Å². The molecule has 3 rings (SSSR count). The summed E-state index contributed by atoms with van der Waals surface area (Å²) in [5, 5.41) is 10.4. The third kappa shape index (κ3) is 4.66. The lowest BCUT2D eigenvalue weighted by molar-refractivity contribution is -0.123. The van der Waals surface area contributed by atoms with Gasteiger partial charge >= 0.3 is 0 Å². The van der Waals surface area contributed by atoms with E-state index in [9.17, 15) is 4.79 Å². The third-order valence-corrected chi connectivity index (χ3v) is 4.92. The smallest absolute Gasteiger partial charge is 0.257 e. The fourth-order valence-corrected chi connectivity index (χ4v) is 3.35. The summed E-state index contributed by atoms with van der Waals surface area (Å²) in [5.74, 6) is 2.03. The van der Waals surface area contributed by atoms with E-state index in [1.54, 1.807) is 0 Å². The van der Waals surface area contributed by atoms with E-state index in [2.05, 4.69) is 27.7 Å². The zero-order chi connectivity index (χ0) is 17.6. The lowest BCUT2D eigenvalue weighted by Crippen LogP contribution is -2.34. The van der Waals surface area contributed by atoms with Crippen molar-refractivity contribution in [2.24, 2.45) is 11.8 Å². The Morgan fingerprint density at radius 1 is 1.28 bits per heavy atom. The normalized spacial score (nSPS) is 17.8. The highest BCUT2D eigenvalue weighted by Crippen LogP contribution is 2.24. The van der Waals surface area contributed by atoms with Crippen LogP contribution in [-0.2, 0) is 4.79 Å². The molecule has 25 heavy (non-hydrogen) atoms. The van der Waals surface area contributed by atoms with Gasteiger partial charge in [-0.3, -0.25) is 4.79 Å². The summed E-state index contributed by atoms with van der Waals surface area (Å²) in [6.45, 7) is 6.16. The van der Waals surface area contributed by atoms with Gasteiger partial charge in [-0.15, -0.1) is 0 Å². The van der Waals surface area contributed by atoms with E-state index >= 15 is 0 Å². The monoisotopic (exact) mass is 342 g/mol. The molecule has 1 amide bonds. The van der Waals surface area contributed by atoms with Gasteiger partial charge in [-0.1, -0.05) is 30.3 Å². The number of carbonyl (C=O) groups is 1. The highest BCUT2D eigenvalue weighted by Gasteiger charge is 2.23. The van der Waals surface area contributed by atoms with Gasteiger partial charge in [0.15, 0.2) is 5.82 Å². The van der Waals surface area contributed by atoms with Gasteiger partial charge in [-0.2, -0.15) is 4.98 Å². The molecule has 2 atom stereocenters. The summed E-state index contributed by atoms with van der Waals surface area (Å²) < 4.78 is 5.31. The zero-order valence-electron chi connectivity index (χ0n) is 14.9. The molecular formula is C19H26N4O2. The summed E-state index contributed by atoms with van der Waals surface area (Å²) in [6.07, 6.45) is 2.84. The summed E-state index contributed by atoms with van der Waals surface area (Å²) in [6, 6.07) is 9.35. The lowest BCUT2D eigenvalue weighted by Gasteiger charge is -2.28. The maximum atomic E-state index is 12.3. The largest absolute Gasteiger partial charge is 0.346 e. The van der Waals surface area contributed by atoms with Gasteiger partial charge in [0.25, 0.3) is 5.89 Å². The van der Waals surface area contributed by atoms with Crippen molar-refractivity contribution in [2.45, 2.75) is 39.2 Å². The molecule has 1 saturated heterocycles. The lowest BCUT2D eigenvalue weighted by atomic mass is 9.84. The van der Waals surface area contributed by atoms with Crippen LogP contribution in [0.15, 0.2) is 34.9 Å². The highest BCUT2D eigenvalue weighted by molar-refractivity contribution is 5.76. The predicted octanol–water partition coefficient (Wildman–Crippen LogP) is 2.94. The predicted molar refractivity (Wildman–Crippen MR) is 95.7 cm³/mol. The van der Waals surface area contributed by atoms with Crippen LogP contribution >= 0.6 is 0 Å². The molecule has 1 aliphatic rings. The van der Waals surface area contributed by atoms with Gasteiger partial charge in [-0.05, 0) is 56.8 Å². The number of piperidine rings is 1. The molecule has 0 radical (unpaired) electrons. The summed E-state index contributed by atoms with van der Waals surface area (Å²) >= 11 is 0. The number of aromatic nitrogens is 2. The minimum absolute atomic E-state index is 0.0459. The molecule has 2 aromatic rings. The van der Waals surface area contributed by atoms with Crippen LogP contribution in [0.4, 0.5) is 0 Å². The van der Waals surface area contributed by atoms with Gasteiger partial charge in [0, 0.05) is 12.0 Å². The molecule has 0 spiro atoms. The Hall–Kier alpha value is -2.21. The minimum atomic E-state index is -0.270. The Morgan fingerprint density at radius 3 is 2.72 bits per heavy atom. The quantitative estimate of drug-likeness (QED) is 0.844. The van der Waals surface area contributed by atoms with E-state index in [0.29, 0.717) is 30.0 Å². The first-order valence-electron chi connectivity index (χ1n) is 9.02. The van der Waals surface area contributed by atoms with Crippen molar-refractivity contribution in [3.8, 4) is 11.5 Å². The first-order chi connectivity index (χ1) is 12.1. The van der Waals surface area contributed by atoms with Crippen LogP contribution in [0.5, 0.6) is 0 Å². The van der Waals surface area contributed by atoms with E-state index in [1.807, 2.05) is 37.3 Å². The summed E-state index contributed by atoms with van der Waals surface area (Å²) in [4.78, 5) is 16.7. The zero-order valence-corrected chi connectivity index (χ0v) is 14.9. The SMILES string of the molecule is CC(NC(=O)CC(C)C1CCNCC1)c1noc(-c2ccccc2)n1. The number of rotatable bonds is 6. The van der Waals surface area contributed by atoms with Crippen molar-refractivity contribution in [1.29, 1.82) is 0 Å². The molecule has 0 aliphatic carbocycles. The van der Waals surface area contributed by atoms with E-state index in [0.717, 1.165) is 31.5 Å². The van der Waals surface area contributed by atoms with E-state index < -0.39 is 0 Å². The first kappa shape index (κ1) is 17.6. The molecule has 2 heterocycles. The van der Waals surface area contributed by atoms with E-state index in [1.165, 1.54) is 0 Å². The van der Waals surface area contributed by atoms with E-state index in [-0.39, 0.29) is 11.9 Å². The van der Waals surface area contributed by atoms with Gasteiger partial charge < -0.3 is 15.2 Å². The Morgan fingerprint density at radius 2 is 2.00 bits per heavy atom. The molecule has 2 unspecified atom stereocenters. The van der Waals surface area contributed by atoms with Gasteiger partial charge in [0.05, 0.1) is 6.04 Å². The van der Waals surface area contributed by atoms with Crippen molar-refractivity contribution in [3.63, 3.8) is 0 Å². The maximum absolute atomic E-state index is 12.3. The molecule has 134 valence electrons.